The van der Waals surface area contributed by atoms with Crippen LogP contribution in [-0.2, 0) is 11.3 Å². The van der Waals surface area contributed by atoms with Gasteiger partial charge in [0.2, 0.25) is 5.91 Å². The third kappa shape index (κ3) is 3.88. The first-order valence-electron chi connectivity index (χ1n) is 4.84. The van der Waals surface area contributed by atoms with Gasteiger partial charge in [0, 0.05) is 23.6 Å². The Morgan fingerprint density at radius 2 is 2.27 bits per heavy atom. The van der Waals surface area contributed by atoms with Crippen LogP contribution in [0.15, 0.2) is 18.2 Å². The number of hydrogen-bond donors (Lipinski definition) is 1. The minimum atomic E-state index is -0.390. The second-order valence-corrected chi connectivity index (χ2v) is 3.70. The number of rotatable bonds is 4. The summed E-state index contributed by atoms with van der Waals surface area (Å²) in [7, 11) is 0. The van der Waals surface area contributed by atoms with E-state index in [0.29, 0.717) is 17.0 Å². The van der Waals surface area contributed by atoms with Gasteiger partial charge in [0.05, 0.1) is 0 Å². The maximum absolute atomic E-state index is 13.3. The first-order chi connectivity index (χ1) is 7.13. The van der Waals surface area contributed by atoms with Gasteiger partial charge < -0.3 is 5.32 Å². The van der Waals surface area contributed by atoms with Gasteiger partial charge in [0.1, 0.15) is 5.82 Å². The summed E-state index contributed by atoms with van der Waals surface area (Å²) in [6, 6.07) is 4.42. The molecule has 1 aromatic carbocycles. The largest absolute Gasteiger partial charge is 0.352 e. The second-order valence-electron chi connectivity index (χ2n) is 3.26. The topological polar surface area (TPSA) is 29.1 Å². The molecule has 15 heavy (non-hydrogen) atoms. The fourth-order valence-corrected chi connectivity index (χ4v) is 1.33. The Bertz CT molecular complexity index is 354. The molecule has 0 fully saturated rings. The van der Waals surface area contributed by atoms with E-state index < -0.39 is 0 Å². The minimum absolute atomic E-state index is 0.0631. The van der Waals surface area contributed by atoms with E-state index in [4.69, 9.17) is 11.6 Å². The Hall–Kier alpha value is -1.09. The van der Waals surface area contributed by atoms with Gasteiger partial charge in [0.15, 0.2) is 0 Å². The average Bonchev–Trinajstić information content (AvgIpc) is 2.17. The molecule has 1 aromatic rings. The van der Waals surface area contributed by atoms with Crippen LogP contribution in [0.1, 0.15) is 25.3 Å². The number of amides is 1. The molecule has 0 heterocycles. The van der Waals surface area contributed by atoms with Crippen molar-refractivity contribution in [1.29, 1.82) is 0 Å². The predicted molar refractivity (Wildman–Crippen MR) is 58.2 cm³/mol. The van der Waals surface area contributed by atoms with Gasteiger partial charge in [-0.15, -0.1) is 0 Å². The van der Waals surface area contributed by atoms with Crippen molar-refractivity contribution in [1.82, 2.24) is 5.32 Å². The molecule has 0 aliphatic carbocycles. The lowest BCUT2D eigenvalue weighted by atomic mass is 10.2. The summed E-state index contributed by atoms with van der Waals surface area (Å²) in [4.78, 5) is 11.1. The molecule has 4 heteroatoms. The van der Waals surface area contributed by atoms with Crippen LogP contribution in [0.4, 0.5) is 4.39 Å². The van der Waals surface area contributed by atoms with Crippen LogP contribution in [0.2, 0.25) is 5.02 Å². The molecule has 0 radical (unpaired) electrons. The van der Waals surface area contributed by atoms with Crippen LogP contribution in [0.5, 0.6) is 0 Å². The lowest BCUT2D eigenvalue weighted by Crippen LogP contribution is -2.22. The van der Waals surface area contributed by atoms with Gasteiger partial charge in [-0.2, -0.15) is 0 Å². The van der Waals surface area contributed by atoms with Crippen molar-refractivity contribution in [3.8, 4) is 0 Å². The van der Waals surface area contributed by atoms with Crippen LogP contribution in [0.3, 0.4) is 0 Å². The van der Waals surface area contributed by atoms with Gasteiger partial charge in [-0.1, -0.05) is 24.6 Å². The van der Waals surface area contributed by atoms with Crippen molar-refractivity contribution in [2.45, 2.75) is 26.3 Å². The monoisotopic (exact) mass is 229 g/mol. The Kier molecular flexibility index (Phi) is 4.56. The number of carbonyl (C=O) groups is 1. The van der Waals surface area contributed by atoms with E-state index in [9.17, 15) is 9.18 Å². The summed E-state index contributed by atoms with van der Waals surface area (Å²) in [6.45, 7) is 2.13. The van der Waals surface area contributed by atoms with E-state index in [0.717, 1.165) is 6.42 Å². The van der Waals surface area contributed by atoms with Crippen LogP contribution < -0.4 is 5.32 Å². The zero-order valence-electron chi connectivity index (χ0n) is 8.52. The van der Waals surface area contributed by atoms with Gasteiger partial charge in [-0.25, -0.2) is 4.39 Å². The van der Waals surface area contributed by atoms with Crippen molar-refractivity contribution in [2.24, 2.45) is 0 Å². The first kappa shape index (κ1) is 12.0. The van der Waals surface area contributed by atoms with Crippen LogP contribution in [0, 0.1) is 5.82 Å². The average molecular weight is 230 g/mol. The molecular formula is C11H13ClFNO. The Labute approximate surface area is 93.4 Å². The van der Waals surface area contributed by atoms with Crippen molar-refractivity contribution >= 4 is 17.5 Å². The van der Waals surface area contributed by atoms with Gasteiger partial charge in [-0.05, 0) is 18.6 Å². The molecule has 0 saturated heterocycles. The fraction of sp³-hybridized carbons (Fsp3) is 0.364. The van der Waals surface area contributed by atoms with Gasteiger partial charge in [-0.3, -0.25) is 4.79 Å². The SMILES string of the molecule is CCCC(=O)NCc1ccc(Cl)cc1F. The minimum Gasteiger partial charge on any atom is -0.352 e. The maximum atomic E-state index is 13.3. The van der Waals surface area contributed by atoms with E-state index in [1.54, 1.807) is 12.1 Å². The van der Waals surface area contributed by atoms with E-state index in [-0.39, 0.29) is 18.3 Å². The summed E-state index contributed by atoms with van der Waals surface area (Å²) < 4.78 is 13.3. The molecule has 0 bridgehead atoms. The van der Waals surface area contributed by atoms with E-state index in [2.05, 4.69) is 5.32 Å². The van der Waals surface area contributed by atoms with Crippen molar-refractivity contribution in [2.75, 3.05) is 0 Å². The van der Waals surface area contributed by atoms with E-state index in [1.165, 1.54) is 6.07 Å². The van der Waals surface area contributed by atoms with E-state index in [1.807, 2.05) is 6.92 Å². The molecule has 0 spiro atoms. The molecule has 1 N–H and O–H groups in total. The molecule has 0 atom stereocenters. The Balaban J connectivity index is 2.54. The third-order valence-corrected chi connectivity index (χ3v) is 2.20. The number of halogens is 2. The number of nitrogens with one attached hydrogen (secondary N) is 1. The summed E-state index contributed by atoms with van der Waals surface area (Å²) in [6.07, 6.45) is 1.25. The molecule has 0 aliphatic heterocycles. The van der Waals surface area contributed by atoms with Crippen molar-refractivity contribution in [3.05, 3.63) is 34.6 Å². The molecule has 0 saturated carbocycles. The molecule has 82 valence electrons. The van der Waals surface area contributed by atoms with Crippen LogP contribution in [-0.4, -0.2) is 5.91 Å². The highest BCUT2D eigenvalue weighted by Crippen LogP contribution is 2.14. The number of benzene rings is 1. The molecule has 0 aromatic heterocycles. The zero-order chi connectivity index (χ0) is 11.3. The quantitative estimate of drug-likeness (QED) is 0.845. The smallest absolute Gasteiger partial charge is 0.220 e. The normalized spacial score (nSPS) is 10.1. The zero-order valence-corrected chi connectivity index (χ0v) is 9.27. The summed E-state index contributed by atoms with van der Waals surface area (Å²) in [5.41, 5.74) is 0.448. The third-order valence-electron chi connectivity index (χ3n) is 1.97. The maximum Gasteiger partial charge on any atom is 0.220 e. The summed E-state index contributed by atoms with van der Waals surface area (Å²) in [5.74, 6) is -0.453. The summed E-state index contributed by atoms with van der Waals surface area (Å²) >= 11 is 5.60. The molecule has 1 rings (SSSR count). The lowest BCUT2D eigenvalue weighted by Gasteiger charge is -2.05. The predicted octanol–water partition coefficient (Wildman–Crippen LogP) is 2.90. The molecule has 1 amide bonds. The van der Waals surface area contributed by atoms with Crippen molar-refractivity contribution in [3.63, 3.8) is 0 Å². The fourth-order valence-electron chi connectivity index (χ4n) is 1.17. The van der Waals surface area contributed by atoms with Gasteiger partial charge >= 0.3 is 0 Å². The number of carbonyl (C=O) groups excluding carboxylic acids is 1. The van der Waals surface area contributed by atoms with Gasteiger partial charge in [0.25, 0.3) is 0 Å². The molecule has 0 aliphatic rings. The standard InChI is InChI=1S/C11H13ClFNO/c1-2-3-11(15)14-7-8-4-5-9(12)6-10(8)13/h4-6H,2-3,7H2,1H3,(H,14,15). The first-order valence-corrected chi connectivity index (χ1v) is 5.22. The number of hydrogen-bond acceptors (Lipinski definition) is 1. The Morgan fingerprint density at radius 1 is 1.53 bits per heavy atom. The molecular weight excluding hydrogens is 217 g/mol. The highest BCUT2D eigenvalue weighted by molar-refractivity contribution is 6.30. The van der Waals surface area contributed by atoms with E-state index >= 15 is 0 Å². The van der Waals surface area contributed by atoms with Crippen LogP contribution in [0.25, 0.3) is 0 Å². The lowest BCUT2D eigenvalue weighted by molar-refractivity contribution is -0.121. The van der Waals surface area contributed by atoms with Crippen molar-refractivity contribution < 1.29 is 9.18 Å². The highest BCUT2D eigenvalue weighted by Gasteiger charge is 2.04. The highest BCUT2D eigenvalue weighted by atomic mass is 35.5. The van der Waals surface area contributed by atoms with Crippen LogP contribution >= 0.6 is 11.6 Å². The molecule has 2 nitrogen and oxygen atoms in total. The second kappa shape index (κ2) is 5.71. The summed E-state index contributed by atoms with van der Waals surface area (Å²) in [5, 5.41) is 3.00. The Morgan fingerprint density at radius 3 is 2.87 bits per heavy atom. The molecule has 0 unspecified atom stereocenters.